The Hall–Kier alpha value is -3.34. The molecular weight excluding hydrogens is 524 g/mol. The molecule has 10 heteroatoms. The maximum Gasteiger partial charge on any atom is 0.332 e. The van der Waals surface area contributed by atoms with Gasteiger partial charge < -0.3 is 20.7 Å². The van der Waals surface area contributed by atoms with Gasteiger partial charge in [0.15, 0.2) is 11.2 Å². The summed E-state index contributed by atoms with van der Waals surface area (Å²) in [6, 6.07) is 17.6. The van der Waals surface area contributed by atoms with E-state index in [1.54, 1.807) is 16.3 Å². The van der Waals surface area contributed by atoms with Gasteiger partial charge >= 0.3 is 5.69 Å². The van der Waals surface area contributed by atoms with Crippen molar-refractivity contribution < 1.29 is 5.11 Å². The Bertz CT molecular complexity index is 1510. The van der Waals surface area contributed by atoms with Gasteiger partial charge in [0.2, 0.25) is 0 Å². The summed E-state index contributed by atoms with van der Waals surface area (Å²) in [6.07, 6.45) is 4.10. The summed E-state index contributed by atoms with van der Waals surface area (Å²) in [5.74, 6) is 1.59. The molecule has 4 aromatic rings. The molecule has 0 bridgehead atoms. The van der Waals surface area contributed by atoms with E-state index >= 15 is 0 Å². The van der Waals surface area contributed by atoms with Crippen molar-refractivity contribution in [2.24, 2.45) is 0 Å². The monoisotopic (exact) mass is 564 g/mol. The maximum atomic E-state index is 13.9. The van der Waals surface area contributed by atoms with Crippen LogP contribution in [-0.4, -0.2) is 55.0 Å². The van der Waals surface area contributed by atoms with Crippen LogP contribution in [0.3, 0.4) is 0 Å². The number of rotatable bonds is 15. The molecule has 1 atom stereocenters. The number of imidazole rings is 1. The first kappa shape index (κ1) is 29.6. The zero-order valence-electron chi connectivity index (χ0n) is 23.4. The van der Waals surface area contributed by atoms with Crippen LogP contribution in [0.1, 0.15) is 36.7 Å². The first-order chi connectivity index (χ1) is 19.4. The maximum absolute atomic E-state index is 13.9. The molecule has 2 aromatic carbocycles. The van der Waals surface area contributed by atoms with Crippen LogP contribution >= 0.6 is 11.8 Å². The van der Waals surface area contributed by atoms with Crippen molar-refractivity contribution in [1.82, 2.24) is 24.0 Å². The lowest BCUT2D eigenvalue weighted by Crippen LogP contribution is -2.41. The van der Waals surface area contributed by atoms with Gasteiger partial charge in [-0.05, 0) is 54.5 Å². The lowest BCUT2D eigenvalue weighted by Gasteiger charge is -2.14. The van der Waals surface area contributed by atoms with Gasteiger partial charge in [-0.25, -0.2) is 9.78 Å². The van der Waals surface area contributed by atoms with Crippen molar-refractivity contribution in [3.05, 3.63) is 92.4 Å². The molecule has 4 N–H and O–H groups in total. The number of hydrogen-bond acceptors (Lipinski definition) is 7. The fourth-order valence-electron chi connectivity index (χ4n) is 4.85. The number of aliphatic hydroxyl groups excluding tert-OH is 1. The highest BCUT2D eigenvalue weighted by molar-refractivity contribution is 7.98. The quantitative estimate of drug-likeness (QED) is 0.150. The van der Waals surface area contributed by atoms with Gasteiger partial charge in [-0.15, -0.1) is 0 Å². The number of aromatic nitrogens is 4. The van der Waals surface area contributed by atoms with Crippen LogP contribution in [0.4, 0.5) is 5.69 Å². The first-order valence-electron chi connectivity index (χ1n) is 13.9. The van der Waals surface area contributed by atoms with E-state index in [1.165, 1.54) is 4.57 Å². The molecule has 2 heterocycles. The number of fused-ring (bicyclic) bond motifs is 1. The predicted molar refractivity (Wildman–Crippen MR) is 164 cm³/mol. The van der Waals surface area contributed by atoms with Crippen molar-refractivity contribution in [3.8, 4) is 0 Å². The molecule has 0 radical (unpaired) electrons. The van der Waals surface area contributed by atoms with Gasteiger partial charge in [0.1, 0.15) is 5.82 Å². The van der Waals surface area contributed by atoms with E-state index in [9.17, 15) is 14.7 Å². The number of nitrogens with zero attached hydrogens (tertiary/aromatic N) is 4. The number of nitrogens with one attached hydrogen (secondary N) is 1. The lowest BCUT2D eigenvalue weighted by atomic mass is 10.1. The molecule has 0 aliphatic heterocycles. The molecule has 0 aliphatic carbocycles. The van der Waals surface area contributed by atoms with Crippen LogP contribution in [-0.2, 0) is 32.5 Å². The highest BCUT2D eigenvalue weighted by atomic mass is 32.2. The Kier molecular flexibility index (Phi) is 10.6. The first-order valence-corrected chi connectivity index (χ1v) is 15.3. The van der Waals surface area contributed by atoms with Crippen LogP contribution in [0.15, 0.2) is 64.2 Å². The molecule has 2 aromatic heterocycles. The van der Waals surface area contributed by atoms with Crippen LogP contribution in [0.25, 0.3) is 11.2 Å². The number of nitrogen functional groups attached to an aromatic ring is 1. The molecule has 214 valence electrons. The van der Waals surface area contributed by atoms with Crippen molar-refractivity contribution >= 4 is 28.6 Å². The Morgan fingerprint density at radius 1 is 1.00 bits per heavy atom. The molecule has 1 unspecified atom stereocenters. The molecule has 9 nitrogen and oxygen atoms in total. The number of aliphatic hydroxyl groups is 1. The van der Waals surface area contributed by atoms with Crippen molar-refractivity contribution in [3.63, 3.8) is 0 Å². The normalized spacial score (nSPS) is 12.3. The van der Waals surface area contributed by atoms with Crippen molar-refractivity contribution in [2.75, 3.05) is 30.8 Å². The molecular formula is C30H40N6O3S. The zero-order valence-corrected chi connectivity index (χ0v) is 24.2. The average Bonchev–Trinajstić information content (AvgIpc) is 3.30. The number of nitrogens with two attached hydrogens (primary N) is 1. The summed E-state index contributed by atoms with van der Waals surface area (Å²) in [5, 5.41) is 13.3. The molecule has 40 heavy (non-hydrogen) atoms. The smallest absolute Gasteiger partial charge is 0.332 e. The summed E-state index contributed by atoms with van der Waals surface area (Å²) in [6.45, 7) is 4.19. The number of hydrogen-bond donors (Lipinski definition) is 3. The molecule has 4 rings (SSSR count). The highest BCUT2D eigenvalue weighted by Gasteiger charge is 2.22. The van der Waals surface area contributed by atoms with E-state index in [2.05, 4.69) is 5.32 Å². The minimum Gasteiger partial charge on any atom is -0.399 e. The largest absolute Gasteiger partial charge is 0.399 e. The highest BCUT2D eigenvalue weighted by Crippen LogP contribution is 2.17. The van der Waals surface area contributed by atoms with Gasteiger partial charge in [-0.3, -0.25) is 13.9 Å². The standard InChI is InChI=1S/C30H40N6O3S/c1-3-25(37)21-32-14-17-34-26(20-22-9-5-4-6-10-22)33-28-27(34)29(38)36(15-8-18-40-2)30(39)35(28)16-13-23-11-7-12-24(31)19-23/h4-7,9-12,19,25,32,37H,3,8,13-18,20-21,31H2,1-2H3. The molecule has 0 aliphatic rings. The Balaban J connectivity index is 1.81. The minimum atomic E-state index is -0.422. The van der Waals surface area contributed by atoms with Crippen LogP contribution in [0, 0.1) is 0 Å². The van der Waals surface area contributed by atoms with Gasteiger partial charge in [0, 0.05) is 44.8 Å². The summed E-state index contributed by atoms with van der Waals surface area (Å²) in [5.41, 5.74) is 8.98. The minimum absolute atomic E-state index is 0.304. The second kappa shape index (κ2) is 14.3. The SMILES string of the molecule is CCC(O)CNCCn1c(Cc2ccccc2)nc2c1c(=O)n(CCCSC)c(=O)n2CCc1cccc(N)c1. The third-order valence-electron chi connectivity index (χ3n) is 7.07. The molecule has 0 saturated heterocycles. The van der Waals surface area contributed by atoms with Gasteiger partial charge in [-0.2, -0.15) is 11.8 Å². The van der Waals surface area contributed by atoms with Gasteiger partial charge in [-0.1, -0.05) is 49.4 Å². The molecule has 0 saturated carbocycles. The predicted octanol–water partition coefficient (Wildman–Crippen LogP) is 2.89. The molecule has 0 amide bonds. The van der Waals surface area contributed by atoms with E-state index in [0.29, 0.717) is 68.8 Å². The summed E-state index contributed by atoms with van der Waals surface area (Å²) in [4.78, 5) is 32.6. The van der Waals surface area contributed by atoms with Crippen molar-refractivity contribution in [2.45, 2.75) is 58.3 Å². The number of aryl methyl sites for hydroxylation is 2. The molecule has 0 spiro atoms. The van der Waals surface area contributed by atoms with E-state index < -0.39 is 6.10 Å². The van der Waals surface area contributed by atoms with Crippen LogP contribution in [0.5, 0.6) is 0 Å². The lowest BCUT2D eigenvalue weighted by molar-refractivity contribution is 0.167. The van der Waals surface area contributed by atoms with Gasteiger partial charge in [0.05, 0.1) is 6.10 Å². The van der Waals surface area contributed by atoms with E-state index in [4.69, 9.17) is 10.7 Å². The molecule has 0 fully saturated rings. The number of benzene rings is 2. The number of anilines is 1. The summed E-state index contributed by atoms with van der Waals surface area (Å²) < 4.78 is 4.98. The third kappa shape index (κ3) is 7.24. The second-order valence-electron chi connectivity index (χ2n) is 10.0. The summed E-state index contributed by atoms with van der Waals surface area (Å²) >= 11 is 1.69. The second-order valence-corrected chi connectivity index (χ2v) is 11.0. The van der Waals surface area contributed by atoms with E-state index in [0.717, 1.165) is 29.1 Å². The fraction of sp³-hybridized carbons (Fsp3) is 0.433. The van der Waals surface area contributed by atoms with Crippen molar-refractivity contribution in [1.29, 1.82) is 0 Å². The third-order valence-corrected chi connectivity index (χ3v) is 7.76. The van der Waals surface area contributed by atoms with E-state index in [-0.39, 0.29) is 11.2 Å². The Morgan fingerprint density at radius 2 is 1.77 bits per heavy atom. The zero-order chi connectivity index (χ0) is 28.5. The van der Waals surface area contributed by atoms with Crippen LogP contribution < -0.4 is 22.3 Å². The topological polar surface area (TPSA) is 120 Å². The number of thioether (sulfide) groups is 1. The fourth-order valence-corrected chi connectivity index (χ4v) is 5.27. The van der Waals surface area contributed by atoms with E-state index in [1.807, 2.05) is 72.3 Å². The Labute approximate surface area is 239 Å². The average molecular weight is 565 g/mol. The summed E-state index contributed by atoms with van der Waals surface area (Å²) in [7, 11) is 0. The Morgan fingerprint density at radius 3 is 2.50 bits per heavy atom. The van der Waals surface area contributed by atoms with Gasteiger partial charge in [0.25, 0.3) is 5.56 Å². The van der Waals surface area contributed by atoms with Crippen LogP contribution in [0.2, 0.25) is 0 Å².